The summed E-state index contributed by atoms with van der Waals surface area (Å²) in [6.07, 6.45) is 2.52. The summed E-state index contributed by atoms with van der Waals surface area (Å²) < 4.78 is 10.2. The Balaban J connectivity index is 2.15. The van der Waals surface area contributed by atoms with Crippen molar-refractivity contribution in [2.75, 3.05) is 14.2 Å². The van der Waals surface area contributed by atoms with E-state index in [1.165, 1.54) is 7.11 Å². The Hall–Kier alpha value is -2.29. The SMILES string of the molecule is COC(=O)C1=Cc2ccc3c(OC)cccc3c2C1. The lowest BCUT2D eigenvalue weighted by atomic mass is 9.99. The fourth-order valence-corrected chi connectivity index (χ4v) is 2.61. The molecule has 3 heteroatoms. The van der Waals surface area contributed by atoms with E-state index in [0.717, 1.165) is 27.6 Å². The predicted molar refractivity (Wildman–Crippen MR) is 74.2 cm³/mol. The van der Waals surface area contributed by atoms with Gasteiger partial charge in [0.05, 0.1) is 14.2 Å². The molecule has 2 aromatic carbocycles. The summed E-state index contributed by atoms with van der Waals surface area (Å²) in [5, 5.41) is 2.20. The summed E-state index contributed by atoms with van der Waals surface area (Å²) >= 11 is 0. The zero-order chi connectivity index (χ0) is 13.4. The highest BCUT2D eigenvalue weighted by atomic mass is 16.5. The van der Waals surface area contributed by atoms with Crippen LogP contribution >= 0.6 is 0 Å². The van der Waals surface area contributed by atoms with Crippen LogP contribution in [0.4, 0.5) is 0 Å². The van der Waals surface area contributed by atoms with Gasteiger partial charge >= 0.3 is 5.97 Å². The number of carbonyl (C=O) groups is 1. The van der Waals surface area contributed by atoms with Gasteiger partial charge in [0, 0.05) is 17.4 Å². The van der Waals surface area contributed by atoms with Gasteiger partial charge in [0.2, 0.25) is 0 Å². The molecule has 0 N–H and O–H groups in total. The monoisotopic (exact) mass is 254 g/mol. The Kier molecular flexibility index (Phi) is 2.75. The zero-order valence-electron chi connectivity index (χ0n) is 10.9. The lowest BCUT2D eigenvalue weighted by Gasteiger charge is -2.09. The van der Waals surface area contributed by atoms with Crippen molar-refractivity contribution in [2.24, 2.45) is 0 Å². The van der Waals surface area contributed by atoms with Gasteiger partial charge in [0.15, 0.2) is 0 Å². The Morgan fingerprint density at radius 3 is 2.68 bits per heavy atom. The van der Waals surface area contributed by atoms with E-state index in [4.69, 9.17) is 9.47 Å². The molecule has 2 aromatic rings. The van der Waals surface area contributed by atoms with E-state index < -0.39 is 0 Å². The van der Waals surface area contributed by atoms with Crippen LogP contribution < -0.4 is 4.74 Å². The Bertz CT molecular complexity index is 698. The van der Waals surface area contributed by atoms with Crippen LogP contribution in [0.15, 0.2) is 35.9 Å². The molecule has 0 saturated carbocycles. The molecule has 0 saturated heterocycles. The van der Waals surface area contributed by atoms with E-state index in [0.29, 0.717) is 12.0 Å². The molecule has 3 nitrogen and oxygen atoms in total. The number of rotatable bonds is 2. The van der Waals surface area contributed by atoms with Gasteiger partial charge in [0.1, 0.15) is 5.75 Å². The summed E-state index contributed by atoms with van der Waals surface area (Å²) in [6, 6.07) is 10.0. The molecule has 0 heterocycles. The average molecular weight is 254 g/mol. The minimum Gasteiger partial charge on any atom is -0.496 e. The Morgan fingerprint density at radius 2 is 1.95 bits per heavy atom. The summed E-state index contributed by atoms with van der Waals surface area (Å²) in [6.45, 7) is 0. The van der Waals surface area contributed by atoms with Crippen molar-refractivity contribution in [2.45, 2.75) is 6.42 Å². The maximum atomic E-state index is 11.6. The van der Waals surface area contributed by atoms with Crippen LogP contribution in [-0.4, -0.2) is 20.2 Å². The Morgan fingerprint density at radius 1 is 1.11 bits per heavy atom. The van der Waals surface area contributed by atoms with Crippen LogP contribution in [0.25, 0.3) is 16.8 Å². The smallest absolute Gasteiger partial charge is 0.334 e. The summed E-state index contributed by atoms with van der Waals surface area (Å²) in [7, 11) is 3.08. The van der Waals surface area contributed by atoms with E-state index >= 15 is 0 Å². The summed E-state index contributed by atoms with van der Waals surface area (Å²) in [5.41, 5.74) is 2.95. The molecular formula is C16H14O3. The highest BCUT2D eigenvalue weighted by molar-refractivity contribution is 6.01. The largest absolute Gasteiger partial charge is 0.496 e. The van der Waals surface area contributed by atoms with Crippen molar-refractivity contribution >= 4 is 22.8 Å². The molecule has 0 unspecified atom stereocenters. The van der Waals surface area contributed by atoms with Crippen LogP contribution in [0.1, 0.15) is 11.1 Å². The van der Waals surface area contributed by atoms with E-state index in [-0.39, 0.29) is 5.97 Å². The van der Waals surface area contributed by atoms with Gasteiger partial charge in [-0.25, -0.2) is 4.79 Å². The molecule has 0 aromatic heterocycles. The second kappa shape index (κ2) is 4.43. The number of fused-ring (bicyclic) bond motifs is 3. The van der Waals surface area contributed by atoms with Crippen LogP contribution in [-0.2, 0) is 16.0 Å². The first-order valence-electron chi connectivity index (χ1n) is 6.12. The maximum Gasteiger partial charge on any atom is 0.334 e. The number of hydrogen-bond donors (Lipinski definition) is 0. The van der Waals surface area contributed by atoms with Crippen LogP contribution in [0.2, 0.25) is 0 Å². The fourth-order valence-electron chi connectivity index (χ4n) is 2.61. The molecule has 1 aliphatic rings. The average Bonchev–Trinajstić information content (AvgIpc) is 2.90. The molecule has 0 radical (unpaired) electrons. The van der Waals surface area contributed by atoms with Gasteiger partial charge in [-0.2, -0.15) is 0 Å². The summed E-state index contributed by atoms with van der Waals surface area (Å²) in [4.78, 5) is 11.6. The van der Waals surface area contributed by atoms with Gasteiger partial charge in [-0.3, -0.25) is 0 Å². The van der Waals surface area contributed by atoms with Crippen molar-refractivity contribution in [3.05, 3.63) is 47.0 Å². The molecular weight excluding hydrogens is 240 g/mol. The zero-order valence-corrected chi connectivity index (χ0v) is 10.9. The quantitative estimate of drug-likeness (QED) is 0.773. The van der Waals surface area contributed by atoms with Gasteiger partial charge in [-0.15, -0.1) is 0 Å². The second-order valence-electron chi connectivity index (χ2n) is 4.53. The molecule has 0 bridgehead atoms. The summed E-state index contributed by atoms with van der Waals surface area (Å²) in [5.74, 6) is 0.596. The lowest BCUT2D eigenvalue weighted by Crippen LogP contribution is -2.04. The topological polar surface area (TPSA) is 35.5 Å². The van der Waals surface area contributed by atoms with Crippen LogP contribution in [0.5, 0.6) is 5.75 Å². The lowest BCUT2D eigenvalue weighted by molar-refractivity contribution is -0.136. The number of ether oxygens (including phenoxy) is 2. The number of methoxy groups -OCH3 is 2. The van der Waals surface area contributed by atoms with E-state index in [9.17, 15) is 4.79 Å². The third-order valence-electron chi connectivity index (χ3n) is 3.53. The second-order valence-corrected chi connectivity index (χ2v) is 4.53. The van der Waals surface area contributed by atoms with Crippen LogP contribution in [0.3, 0.4) is 0 Å². The molecule has 1 aliphatic carbocycles. The molecule has 0 amide bonds. The number of carbonyl (C=O) groups excluding carboxylic acids is 1. The molecule has 3 rings (SSSR count). The first kappa shape index (κ1) is 11.8. The number of esters is 1. The normalized spacial score (nSPS) is 13.1. The van der Waals surface area contributed by atoms with Crippen molar-refractivity contribution in [3.8, 4) is 5.75 Å². The Labute approximate surface area is 111 Å². The highest BCUT2D eigenvalue weighted by Gasteiger charge is 2.21. The third-order valence-corrected chi connectivity index (χ3v) is 3.53. The molecule has 96 valence electrons. The molecule has 19 heavy (non-hydrogen) atoms. The van der Waals surface area contributed by atoms with E-state index in [1.807, 2.05) is 30.3 Å². The fraction of sp³-hybridized carbons (Fsp3) is 0.188. The van der Waals surface area contributed by atoms with Crippen LogP contribution in [0, 0.1) is 0 Å². The third kappa shape index (κ3) is 1.78. The van der Waals surface area contributed by atoms with Crippen molar-refractivity contribution in [1.29, 1.82) is 0 Å². The highest BCUT2D eigenvalue weighted by Crippen LogP contribution is 2.35. The van der Waals surface area contributed by atoms with E-state index in [1.54, 1.807) is 7.11 Å². The maximum absolute atomic E-state index is 11.6. The minimum absolute atomic E-state index is 0.257. The van der Waals surface area contributed by atoms with Gasteiger partial charge < -0.3 is 9.47 Å². The first-order chi connectivity index (χ1) is 9.24. The minimum atomic E-state index is -0.257. The predicted octanol–water partition coefficient (Wildman–Crippen LogP) is 2.96. The first-order valence-corrected chi connectivity index (χ1v) is 6.12. The van der Waals surface area contributed by atoms with Gasteiger partial charge in [-0.1, -0.05) is 24.3 Å². The van der Waals surface area contributed by atoms with Crippen molar-refractivity contribution < 1.29 is 14.3 Å². The molecule has 0 fully saturated rings. The van der Waals surface area contributed by atoms with Crippen molar-refractivity contribution in [3.63, 3.8) is 0 Å². The molecule has 0 aliphatic heterocycles. The van der Waals surface area contributed by atoms with E-state index in [2.05, 4.69) is 6.07 Å². The van der Waals surface area contributed by atoms with Crippen molar-refractivity contribution in [1.82, 2.24) is 0 Å². The standard InChI is InChI=1S/C16H14O3/c1-18-15-5-3-4-12-13(15)7-6-10-8-11(9-14(10)12)16(17)19-2/h3-8H,9H2,1-2H3. The van der Waals surface area contributed by atoms with Gasteiger partial charge in [-0.05, 0) is 28.7 Å². The number of hydrogen-bond acceptors (Lipinski definition) is 3. The molecule has 0 atom stereocenters. The molecule has 0 spiro atoms. The van der Waals surface area contributed by atoms with Gasteiger partial charge in [0.25, 0.3) is 0 Å². The number of benzene rings is 2.